The number of fused-ring (bicyclic) bond motifs is 3. The van der Waals surface area contributed by atoms with Gasteiger partial charge >= 0.3 is 6.09 Å². The number of carbonyl (C=O) groups is 1. The highest BCUT2D eigenvalue weighted by Gasteiger charge is 2.45. The Morgan fingerprint density at radius 2 is 1.69 bits per heavy atom. The first-order valence-corrected chi connectivity index (χ1v) is 12.8. The Morgan fingerprint density at radius 3 is 2.38 bits per heavy atom. The molecule has 1 aliphatic carbocycles. The number of aromatic nitrogens is 2. The molecule has 5 rings (SSSR count). The van der Waals surface area contributed by atoms with Crippen molar-refractivity contribution in [2.75, 3.05) is 0 Å². The van der Waals surface area contributed by atoms with Crippen LogP contribution in [0, 0.1) is 0 Å². The van der Waals surface area contributed by atoms with Crippen molar-refractivity contribution >= 4 is 27.6 Å². The lowest BCUT2D eigenvalue weighted by Crippen LogP contribution is -2.50. The molecule has 174 valence electrons. The molecule has 2 aromatic heterocycles. The number of ether oxygens (including phenoxy) is 3. The molecule has 2 aromatic rings. The van der Waals surface area contributed by atoms with Gasteiger partial charge in [0, 0.05) is 12.1 Å². The van der Waals surface area contributed by atoms with Crippen molar-refractivity contribution in [1.82, 2.24) is 14.9 Å². The van der Waals surface area contributed by atoms with Gasteiger partial charge < -0.3 is 19.1 Å². The number of nitrogens with zero attached hydrogens (tertiary/aromatic N) is 3. The van der Waals surface area contributed by atoms with Crippen LogP contribution in [0.5, 0.6) is 5.88 Å². The average Bonchev–Trinajstić information content (AvgIpc) is 3.32. The van der Waals surface area contributed by atoms with Gasteiger partial charge in [-0.1, -0.05) is 0 Å². The van der Waals surface area contributed by atoms with E-state index < -0.39 is 5.60 Å². The van der Waals surface area contributed by atoms with Crippen LogP contribution in [0.2, 0.25) is 0 Å². The molecular weight excluding hydrogens is 426 g/mol. The Bertz CT molecular complexity index is 936. The Balaban J connectivity index is 1.11. The molecule has 1 saturated carbocycles. The van der Waals surface area contributed by atoms with E-state index in [1.54, 1.807) is 17.7 Å². The van der Waals surface area contributed by atoms with Gasteiger partial charge in [0.25, 0.3) is 0 Å². The summed E-state index contributed by atoms with van der Waals surface area (Å²) in [6.45, 7) is 5.78. The molecule has 32 heavy (non-hydrogen) atoms. The summed E-state index contributed by atoms with van der Waals surface area (Å²) in [5.41, 5.74) is 0.496. The average molecular weight is 460 g/mol. The Hall–Kier alpha value is -1.93. The number of hydrogen-bond donors (Lipinski definition) is 0. The molecule has 3 aliphatic rings. The summed E-state index contributed by atoms with van der Waals surface area (Å²) in [6.07, 6.45) is 10.0. The van der Waals surface area contributed by atoms with E-state index in [4.69, 9.17) is 14.2 Å². The molecule has 2 bridgehead atoms. The van der Waals surface area contributed by atoms with Crippen LogP contribution in [0.4, 0.5) is 4.79 Å². The summed E-state index contributed by atoms with van der Waals surface area (Å²) in [5.74, 6) is 0.709. The normalized spacial score (nSPS) is 30.5. The summed E-state index contributed by atoms with van der Waals surface area (Å²) in [4.78, 5) is 23.3. The first-order chi connectivity index (χ1) is 15.4. The summed E-state index contributed by atoms with van der Waals surface area (Å²) in [5, 5.41) is 2.03. The first-order valence-electron chi connectivity index (χ1n) is 11.9. The van der Waals surface area contributed by atoms with E-state index in [1.165, 1.54) is 0 Å². The van der Waals surface area contributed by atoms with Gasteiger partial charge in [-0.2, -0.15) is 0 Å². The molecule has 4 heterocycles. The van der Waals surface area contributed by atoms with Crippen molar-refractivity contribution in [1.29, 1.82) is 0 Å². The van der Waals surface area contributed by atoms with Crippen LogP contribution in [0.15, 0.2) is 17.8 Å². The van der Waals surface area contributed by atoms with Gasteiger partial charge in [0.1, 0.15) is 22.7 Å². The monoisotopic (exact) mass is 459 g/mol. The highest BCUT2D eigenvalue weighted by molar-refractivity contribution is 7.17. The molecule has 7 nitrogen and oxygen atoms in total. The van der Waals surface area contributed by atoms with Crippen molar-refractivity contribution in [3.8, 4) is 5.88 Å². The van der Waals surface area contributed by atoms with Crippen LogP contribution in [0.3, 0.4) is 0 Å². The summed E-state index contributed by atoms with van der Waals surface area (Å²) in [6, 6.07) is 2.50. The van der Waals surface area contributed by atoms with Gasteiger partial charge in [-0.15, -0.1) is 11.3 Å². The fourth-order valence-electron chi connectivity index (χ4n) is 5.42. The van der Waals surface area contributed by atoms with E-state index >= 15 is 0 Å². The predicted octanol–water partition coefficient (Wildman–Crippen LogP) is 5.33. The molecule has 3 atom stereocenters. The fourth-order valence-corrected chi connectivity index (χ4v) is 6.19. The maximum Gasteiger partial charge on any atom is 0.410 e. The van der Waals surface area contributed by atoms with Crippen LogP contribution >= 0.6 is 11.3 Å². The summed E-state index contributed by atoms with van der Waals surface area (Å²) in [7, 11) is 0. The van der Waals surface area contributed by atoms with Crippen molar-refractivity contribution in [2.24, 2.45) is 0 Å². The van der Waals surface area contributed by atoms with Crippen LogP contribution in [-0.4, -0.2) is 57.0 Å². The SMILES string of the molecule is CC(C)(C)OC(=O)N1[C@@H]2CC[C@H]1CC(OC1CCC(Oc3ncnc4ccsc34)CC1)C2. The van der Waals surface area contributed by atoms with E-state index in [0.29, 0.717) is 5.88 Å². The smallest absolute Gasteiger partial charge is 0.410 e. The van der Waals surface area contributed by atoms with Crippen LogP contribution < -0.4 is 4.74 Å². The molecule has 1 unspecified atom stereocenters. The summed E-state index contributed by atoms with van der Waals surface area (Å²) >= 11 is 1.63. The zero-order chi connectivity index (χ0) is 22.3. The van der Waals surface area contributed by atoms with E-state index in [9.17, 15) is 4.79 Å². The second-order valence-corrected chi connectivity index (χ2v) is 11.2. The second-order valence-electron chi connectivity index (χ2n) is 10.3. The van der Waals surface area contributed by atoms with Crippen molar-refractivity contribution in [3.05, 3.63) is 17.8 Å². The highest BCUT2D eigenvalue weighted by atomic mass is 32.1. The molecule has 2 aliphatic heterocycles. The molecular formula is C24H33N3O4S. The van der Waals surface area contributed by atoms with E-state index in [-0.39, 0.29) is 36.5 Å². The lowest BCUT2D eigenvalue weighted by molar-refractivity contribution is -0.0814. The lowest BCUT2D eigenvalue weighted by atomic mass is 9.93. The van der Waals surface area contributed by atoms with Gasteiger partial charge in [0.2, 0.25) is 5.88 Å². The van der Waals surface area contributed by atoms with Gasteiger partial charge in [-0.05, 0) is 83.6 Å². The molecule has 0 aromatic carbocycles. The minimum absolute atomic E-state index is 0.161. The number of carbonyl (C=O) groups excluding carboxylic acids is 1. The van der Waals surface area contributed by atoms with Crippen molar-refractivity contribution in [3.63, 3.8) is 0 Å². The Morgan fingerprint density at radius 1 is 1.00 bits per heavy atom. The number of hydrogen-bond acceptors (Lipinski definition) is 7. The Kier molecular flexibility index (Phi) is 6.01. The number of amides is 1. The fraction of sp³-hybridized carbons (Fsp3) is 0.708. The minimum atomic E-state index is -0.453. The molecule has 0 spiro atoms. The number of thiophene rings is 1. The standard InChI is InChI=1S/C24H33N3O4S/c1-24(2,3)31-23(28)27-15-4-5-16(27)13-19(12-15)29-17-6-8-18(9-7-17)30-22-21-20(10-11-32-21)25-14-26-22/h10-11,14-19H,4-9,12-13H2,1-3H3/t15-,16+,17?,18?,19?. The van der Waals surface area contributed by atoms with E-state index in [0.717, 1.165) is 61.6 Å². The third kappa shape index (κ3) is 4.71. The van der Waals surface area contributed by atoms with Gasteiger partial charge in [0.15, 0.2) is 0 Å². The molecule has 3 fully saturated rings. The lowest BCUT2D eigenvalue weighted by Gasteiger charge is -2.41. The van der Waals surface area contributed by atoms with Gasteiger partial charge in [-0.25, -0.2) is 14.8 Å². The summed E-state index contributed by atoms with van der Waals surface area (Å²) < 4.78 is 19.5. The number of rotatable bonds is 4. The van der Waals surface area contributed by atoms with Gasteiger partial charge in [0.05, 0.1) is 17.7 Å². The zero-order valence-corrected chi connectivity index (χ0v) is 20.0. The van der Waals surface area contributed by atoms with Crippen molar-refractivity contribution in [2.45, 2.75) is 108 Å². The Labute approximate surface area is 193 Å². The van der Waals surface area contributed by atoms with Crippen LogP contribution in [-0.2, 0) is 9.47 Å². The zero-order valence-electron chi connectivity index (χ0n) is 19.2. The topological polar surface area (TPSA) is 73.8 Å². The highest BCUT2D eigenvalue weighted by Crippen LogP contribution is 2.39. The molecule has 0 N–H and O–H groups in total. The van der Waals surface area contributed by atoms with E-state index in [2.05, 4.69) is 9.97 Å². The third-order valence-corrected chi connectivity index (χ3v) is 7.68. The molecule has 8 heteroatoms. The maximum atomic E-state index is 12.7. The maximum absolute atomic E-state index is 12.7. The molecule has 0 radical (unpaired) electrons. The minimum Gasteiger partial charge on any atom is -0.473 e. The third-order valence-electron chi connectivity index (χ3n) is 6.79. The second kappa shape index (κ2) is 8.78. The predicted molar refractivity (Wildman–Crippen MR) is 123 cm³/mol. The molecule has 1 amide bonds. The van der Waals surface area contributed by atoms with E-state index in [1.807, 2.05) is 37.1 Å². The largest absolute Gasteiger partial charge is 0.473 e. The molecule has 2 saturated heterocycles. The van der Waals surface area contributed by atoms with Crippen molar-refractivity contribution < 1.29 is 19.0 Å². The quantitative estimate of drug-likeness (QED) is 0.615. The van der Waals surface area contributed by atoms with Crippen LogP contribution in [0.1, 0.15) is 72.1 Å². The first kappa shape index (κ1) is 21.9. The number of piperidine rings is 1. The van der Waals surface area contributed by atoms with Gasteiger partial charge in [-0.3, -0.25) is 0 Å². The van der Waals surface area contributed by atoms with Crippen LogP contribution in [0.25, 0.3) is 10.2 Å².